The minimum atomic E-state index is -0.848. The number of urea groups is 1. The number of carboxylic acid groups (broad SMARTS) is 1. The van der Waals surface area contributed by atoms with E-state index in [-0.39, 0.29) is 18.5 Å². The zero-order valence-corrected chi connectivity index (χ0v) is 11.5. The number of likely N-dealkylation sites (N-methyl/N-ethyl adjacent to an activating group) is 1. The monoisotopic (exact) mass is 272 g/mol. The van der Waals surface area contributed by atoms with E-state index in [2.05, 4.69) is 4.74 Å². The SMILES string of the molecule is CCN(CC(=O)OC)C(=O)N1CC(C(C)C(=O)O)C1. The first-order valence-corrected chi connectivity index (χ1v) is 6.24. The van der Waals surface area contributed by atoms with Gasteiger partial charge in [0.15, 0.2) is 0 Å². The van der Waals surface area contributed by atoms with Gasteiger partial charge in [0.2, 0.25) is 0 Å². The van der Waals surface area contributed by atoms with Crippen molar-refractivity contribution in [1.82, 2.24) is 9.80 Å². The predicted molar refractivity (Wildman–Crippen MR) is 66.5 cm³/mol. The highest BCUT2D eigenvalue weighted by molar-refractivity contribution is 5.81. The summed E-state index contributed by atoms with van der Waals surface area (Å²) in [5.41, 5.74) is 0. The van der Waals surface area contributed by atoms with Crippen molar-refractivity contribution in [3.63, 3.8) is 0 Å². The van der Waals surface area contributed by atoms with E-state index in [1.54, 1.807) is 18.7 Å². The fraction of sp³-hybridized carbons (Fsp3) is 0.750. The molecule has 0 radical (unpaired) electrons. The summed E-state index contributed by atoms with van der Waals surface area (Å²) in [4.78, 5) is 37.0. The fourth-order valence-electron chi connectivity index (χ4n) is 1.92. The van der Waals surface area contributed by atoms with Crippen molar-refractivity contribution < 1.29 is 24.2 Å². The molecule has 0 aromatic rings. The van der Waals surface area contributed by atoms with E-state index in [1.807, 2.05) is 0 Å². The number of carboxylic acids is 1. The quantitative estimate of drug-likeness (QED) is 0.725. The van der Waals surface area contributed by atoms with E-state index in [9.17, 15) is 14.4 Å². The third-order valence-electron chi connectivity index (χ3n) is 3.48. The molecule has 1 aliphatic rings. The van der Waals surface area contributed by atoms with Crippen LogP contribution in [0.5, 0.6) is 0 Å². The number of methoxy groups -OCH3 is 1. The molecule has 7 heteroatoms. The Morgan fingerprint density at radius 1 is 1.42 bits per heavy atom. The first-order valence-electron chi connectivity index (χ1n) is 6.24. The van der Waals surface area contributed by atoms with Crippen molar-refractivity contribution in [3.8, 4) is 0 Å². The molecule has 0 saturated carbocycles. The van der Waals surface area contributed by atoms with Gasteiger partial charge in [0.05, 0.1) is 13.0 Å². The number of amides is 2. The molecule has 1 atom stereocenters. The number of rotatable bonds is 5. The molecule has 1 fully saturated rings. The highest BCUT2D eigenvalue weighted by atomic mass is 16.5. The molecule has 19 heavy (non-hydrogen) atoms. The standard InChI is InChI=1S/C12H20N2O5/c1-4-13(7-10(15)19-3)12(18)14-5-9(6-14)8(2)11(16)17/h8-9H,4-7H2,1-3H3,(H,16,17). The molecule has 1 heterocycles. The molecule has 108 valence electrons. The zero-order valence-electron chi connectivity index (χ0n) is 11.5. The lowest BCUT2D eigenvalue weighted by atomic mass is 9.87. The van der Waals surface area contributed by atoms with Gasteiger partial charge < -0.3 is 19.6 Å². The van der Waals surface area contributed by atoms with Crippen LogP contribution >= 0.6 is 0 Å². The Labute approximate surface area is 112 Å². The van der Waals surface area contributed by atoms with Crippen molar-refractivity contribution in [3.05, 3.63) is 0 Å². The molecule has 0 aromatic heterocycles. The summed E-state index contributed by atoms with van der Waals surface area (Å²) in [7, 11) is 1.27. The van der Waals surface area contributed by atoms with Crippen molar-refractivity contribution in [2.24, 2.45) is 11.8 Å². The van der Waals surface area contributed by atoms with Gasteiger partial charge in [-0.3, -0.25) is 9.59 Å². The number of ether oxygens (including phenoxy) is 1. The van der Waals surface area contributed by atoms with Crippen LogP contribution in [0.1, 0.15) is 13.8 Å². The molecule has 0 bridgehead atoms. The van der Waals surface area contributed by atoms with E-state index in [4.69, 9.17) is 5.11 Å². The van der Waals surface area contributed by atoms with Gasteiger partial charge in [-0.25, -0.2) is 4.79 Å². The Morgan fingerprint density at radius 2 is 2.00 bits per heavy atom. The number of hydrogen-bond acceptors (Lipinski definition) is 4. The second-order valence-corrected chi connectivity index (χ2v) is 4.66. The van der Waals surface area contributed by atoms with Crippen LogP contribution in [-0.4, -0.2) is 66.2 Å². The van der Waals surface area contributed by atoms with Crippen LogP contribution < -0.4 is 0 Å². The van der Waals surface area contributed by atoms with Crippen LogP contribution in [0.15, 0.2) is 0 Å². The summed E-state index contributed by atoms with van der Waals surface area (Å²) in [5.74, 6) is -1.79. The third kappa shape index (κ3) is 3.59. The number of carbonyl (C=O) groups excluding carboxylic acids is 2. The summed E-state index contributed by atoms with van der Waals surface area (Å²) in [6.07, 6.45) is 0. The lowest BCUT2D eigenvalue weighted by Crippen LogP contribution is -2.57. The van der Waals surface area contributed by atoms with Gasteiger partial charge in [0.25, 0.3) is 0 Å². The smallest absolute Gasteiger partial charge is 0.325 e. The average Bonchev–Trinajstić information content (AvgIpc) is 2.33. The van der Waals surface area contributed by atoms with Crippen LogP contribution in [0.3, 0.4) is 0 Å². The second kappa shape index (κ2) is 6.40. The van der Waals surface area contributed by atoms with E-state index < -0.39 is 17.9 Å². The summed E-state index contributed by atoms with van der Waals surface area (Å²) in [6.45, 7) is 4.58. The summed E-state index contributed by atoms with van der Waals surface area (Å²) in [5, 5.41) is 8.87. The summed E-state index contributed by atoms with van der Waals surface area (Å²) < 4.78 is 4.53. The highest BCUT2D eigenvalue weighted by Crippen LogP contribution is 2.25. The summed E-state index contributed by atoms with van der Waals surface area (Å²) >= 11 is 0. The number of hydrogen-bond donors (Lipinski definition) is 1. The largest absolute Gasteiger partial charge is 0.481 e. The molecular formula is C12H20N2O5. The minimum Gasteiger partial charge on any atom is -0.481 e. The van der Waals surface area contributed by atoms with Gasteiger partial charge in [-0.2, -0.15) is 0 Å². The number of likely N-dealkylation sites (tertiary alicyclic amines) is 1. The topological polar surface area (TPSA) is 87.2 Å². The van der Waals surface area contributed by atoms with Gasteiger partial charge >= 0.3 is 18.0 Å². The van der Waals surface area contributed by atoms with Gasteiger partial charge in [-0.15, -0.1) is 0 Å². The number of aliphatic carboxylic acids is 1. The molecular weight excluding hydrogens is 252 g/mol. The lowest BCUT2D eigenvalue weighted by Gasteiger charge is -2.43. The Balaban J connectivity index is 2.47. The first kappa shape index (κ1) is 15.3. The van der Waals surface area contributed by atoms with E-state index >= 15 is 0 Å². The Kier molecular flexibility index (Phi) is 5.14. The van der Waals surface area contributed by atoms with E-state index in [1.165, 1.54) is 12.0 Å². The Morgan fingerprint density at radius 3 is 2.42 bits per heavy atom. The van der Waals surface area contributed by atoms with Gasteiger partial charge in [0, 0.05) is 25.6 Å². The van der Waals surface area contributed by atoms with Crippen molar-refractivity contribution in [1.29, 1.82) is 0 Å². The maximum absolute atomic E-state index is 12.0. The van der Waals surface area contributed by atoms with E-state index in [0.29, 0.717) is 19.6 Å². The molecule has 7 nitrogen and oxygen atoms in total. The minimum absolute atomic E-state index is 0.0155. The average molecular weight is 272 g/mol. The van der Waals surface area contributed by atoms with Crippen molar-refractivity contribution >= 4 is 18.0 Å². The van der Waals surface area contributed by atoms with Crippen LogP contribution in [0.4, 0.5) is 4.79 Å². The molecule has 1 unspecified atom stereocenters. The Bertz CT molecular complexity index is 365. The van der Waals surface area contributed by atoms with Crippen LogP contribution in [0.2, 0.25) is 0 Å². The maximum Gasteiger partial charge on any atom is 0.325 e. The lowest BCUT2D eigenvalue weighted by molar-refractivity contribution is -0.144. The molecule has 0 aliphatic carbocycles. The summed E-state index contributed by atoms with van der Waals surface area (Å²) in [6, 6.07) is -0.248. The van der Waals surface area contributed by atoms with E-state index in [0.717, 1.165) is 0 Å². The number of nitrogens with zero attached hydrogens (tertiary/aromatic N) is 2. The second-order valence-electron chi connectivity index (χ2n) is 4.66. The molecule has 1 aliphatic heterocycles. The molecule has 1 rings (SSSR count). The highest BCUT2D eigenvalue weighted by Gasteiger charge is 2.38. The zero-order chi connectivity index (χ0) is 14.6. The maximum atomic E-state index is 12.0. The Hall–Kier alpha value is -1.79. The molecule has 1 N–H and O–H groups in total. The van der Waals surface area contributed by atoms with Crippen LogP contribution in [0.25, 0.3) is 0 Å². The number of carbonyl (C=O) groups is 3. The first-order chi connectivity index (χ1) is 8.90. The van der Waals surface area contributed by atoms with Crippen molar-refractivity contribution in [2.45, 2.75) is 13.8 Å². The van der Waals surface area contributed by atoms with Crippen LogP contribution in [-0.2, 0) is 14.3 Å². The van der Waals surface area contributed by atoms with Gasteiger partial charge in [-0.05, 0) is 6.92 Å². The predicted octanol–water partition coefficient (Wildman–Crippen LogP) is 0.254. The van der Waals surface area contributed by atoms with Crippen molar-refractivity contribution in [2.75, 3.05) is 33.3 Å². The normalized spacial score (nSPS) is 16.5. The van der Waals surface area contributed by atoms with Crippen LogP contribution in [0, 0.1) is 11.8 Å². The fourth-order valence-corrected chi connectivity index (χ4v) is 1.92. The number of esters is 1. The molecule has 2 amide bonds. The molecule has 0 spiro atoms. The third-order valence-corrected chi connectivity index (χ3v) is 3.48. The van der Waals surface area contributed by atoms with Gasteiger partial charge in [0.1, 0.15) is 6.54 Å². The molecule has 1 saturated heterocycles. The van der Waals surface area contributed by atoms with Gasteiger partial charge in [-0.1, -0.05) is 6.92 Å². The molecule has 0 aromatic carbocycles.